The minimum Gasteiger partial charge on any atom is -0.488 e. The zero-order chi connectivity index (χ0) is 20.3. The van der Waals surface area contributed by atoms with E-state index in [9.17, 15) is 13.6 Å². The third kappa shape index (κ3) is 2.63. The number of nitrogens with zero attached hydrogens (tertiary/aromatic N) is 5. The SMILES string of the molecule is C[C@H]1CCN(C)c2c(F)cnc3cc(F)c(nc23)-n2c(=O)[nH]c3nccc(c32)O1. The lowest BCUT2D eigenvalue weighted by Crippen LogP contribution is -2.27. The molecule has 4 aromatic heterocycles. The highest BCUT2D eigenvalue weighted by atomic mass is 19.1. The summed E-state index contributed by atoms with van der Waals surface area (Å²) >= 11 is 0. The minimum absolute atomic E-state index is 0.171. The number of halogens is 2. The standard InChI is InChI=1S/C19H16F2N6O2/c1-9-4-6-26(2)15-11(21)8-23-12-7-10(20)18(24-14(12)15)27-16-13(29-9)3-5-22-17(16)25-19(27)28/h3,5,7-9H,4,6H2,1-2H3,(H,22,25,28)/t9-/m0/s1. The maximum absolute atomic E-state index is 15.0. The van der Waals surface area contributed by atoms with Crippen LogP contribution in [0.25, 0.3) is 28.0 Å². The van der Waals surface area contributed by atoms with Crippen molar-refractivity contribution in [3.05, 3.63) is 46.6 Å². The Balaban J connectivity index is 1.94. The number of aromatic nitrogens is 5. The summed E-state index contributed by atoms with van der Waals surface area (Å²) in [4.78, 5) is 29.4. The normalized spacial score (nSPS) is 16.7. The Kier molecular flexibility index (Phi) is 3.76. The highest BCUT2D eigenvalue weighted by Crippen LogP contribution is 2.32. The second kappa shape index (κ2) is 6.23. The van der Waals surface area contributed by atoms with Crippen molar-refractivity contribution in [1.29, 1.82) is 0 Å². The van der Waals surface area contributed by atoms with Crippen molar-refractivity contribution < 1.29 is 13.5 Å². The van der Waals surface area contributed by atoms with Gasteiger partial charge in [-0.2, -0.15) is 0 Å². The van der Waals surface area contributed by atoms with Gasteiger partial charge in [0, 0.05) is 38.3 Å². The maximum Gasteiger partial charge on any atom is 0.333 e. The summed E-state index contributed by atoms with van der Waals surface area (Å²) in [6.07, 6.45) is 2.87. The summed E-state index contributed by atoms with van der Waals surface area (Å²) < 4.78 is 36.7. The lowest BCUT2D eigenvalue weighted by atomic mass is 10.2. The topological polar surface area (TPSA) is 88.9 Å². The first-order chi connectivity index (χ1) is 13.9. The first-order valence-electron chi connectivity index (χ1n) is 9.06. The van der Waals surface area contributed by atoms with E-state index in [1.165, 1.54) is 6.20 Å². The van der Waals surface area contributed by atoms with Crippen molar-refractivity contribution in [1.82, 2.24) is 24.5 Å². The Morgan fingerprint density at radius 3 is 2.93 bits per heavy atom. The molecule has 0 unspecified atom stereocenters. The number of anilines is 1. The van der Waals surface area contributed by atoms with E-state index in [0.29, 0.717) is 18.7 Å². The van der Waals surface area contributed by atoms with Crippen molar-refractivity contribution in [3.8, 4) is 11.6 Å². The van der Waals surface area contributed by atoms with Crippen LogP contribution in [0.5, 0.6) is 5.75 Å². The average Bonchev–Trinajstić information content (AvgIpc) is 3.02. The summed E-state index contributed by atoms with van der Waals surface area (Å²) in [5, 5.41) is 0. The molecule has 1 N–H and O–H groups in total. The number of nitrogens with one attached hydrogen (secondary N) is 1. The van der Waals surface area contributed by atoms with Gasteiger partial charge in [0.25, 0.3) is 0 Å². The molecule has 8 nitrogen and oxygen atoms in total. The molecule has 1 atom stereocenters. The Hall–Kier alpha value is -3.56. The fraction of sp³-hybridized carbons (Fsp3) is 0.263. The number of rotatable bonds is 0. The lowest BCUT2D eigenvalue weighted by Gasteiger charge is -2.24. The molecule has 0 amide bonds. The Labute approximate surface area is 162 Å². The van der Waals surface area contributed by atoms with Gasteiger partial charge in [0.05, 0.1) is 17.8 Å². The monoisotopic (exact) mass is 398 g/mol. The van der Waals surface area contributed by atoms with Gasteiger partial charge < -0.3 is 9.64 Å². The van der Waals surface area contributed by atoms with Gasteiger partial charge in [-0.15, -0.1) is 0 Å². The molecule has 148 valence electrons. The molecule has 1 aliphatic rings. The molecule has 29 heavy (non-hydrogen) atoms. The minimum atomic E-state index is -0.770. The van der Waals surface area contributed by atoms with Crippen LogP contribution >= 0.6 is 0 Å². The molecule has 0 radical (unpaired) electrons. The van der Waals surface area contributed by atoms with Crippen LogP contribution in [0.15, 0.2) is 29.3 Å². The number of hydrogen-bond donors (Lipinski definition) is 1. The molecule has 0 saturated carbocycles. The molecule has 0 aliphatic carbocycles. The Bertz CT molecular complexity index is 1330. The second-order valence-electron chi connectivity index (χ2n) is 7.03. The predicted octanol–water partition coefficient (Wildman–Crippen LogP) is 2.54. The van der Waals surface area contributed by atoms with Gasteiger partial charge in [-0.25, -0.2) is 28.1 Å². The highest BCUT2D eigenvalue weighted by Gasteiger charge is 2.24. The number of ether oxygens (including phenoxy) is 1. The van der Waals surface area contributed by atoms with E-state index in [1.807, 2.05) is 6.92 Å². The quantitative estimate of drug-likeness (QED) is 0.490. The van der Waals surface area contributed by atoms with Crippen molar-refractivity contribution in [2.24, 2.45) is 0 Å². The van der Waals surface area contributed by atoms with Gasteiger partial charge in [0.1, 0.15) is 22.5 Å². The van der Waals surface area contributed by atoms with Crippen molar-refractivity contribution >= 4 is 27.9 Å². The summed E-state index contributed by atoms with van der Waals surface area (Å²) in [6.45, 7) is 2.34. The first-order valence-corrected chi connectivity index (χ1v) is 9.06. The lowest BCUT2D eigenvalue weighted by molar-refractivity contribution is 0.215. The van der Waals surface area contributed by atoms with Gasteiger partial charge in [-0.05, 0) is 6.92 Å². The van der Waals surface area contributed by atoms with Gasteiger partial charge in [-0.3, -0.25) is 9.97 Å². The second-order valence-corrected chi connectivity index (χ2v) is 7.03. The number of imidazole rings is 1. The first kappa shape index (κ1) is 17.5. The van der Waals surface area contributed by atoms with E-state index in [1.54, 1.807) is 18.0 Å². The molecule has 1 aliphatic heterocycles. The fourth-order valence-electron chi connectivity index (χ4n) is 3.63. The van der Waals surface area contributed by atoms with E-state index in [-0.39, 0.29) is 39.8 Å². The van der Waals surface area contributed by atoms with E-state index in [0.717, 1.165) is 16.8 Å². The van der Waals surface area contributed by atoms with E-state index < -0.39 is 17.3 Å². The summed E-state index contributed by atoms with van der Waals surface area (Å²) in [7, 11) is 1.72. The zero-order valence-electron chi connectivity index (χ0n) is 15.6. The van der Waals surface area contributed by atoms with E-state index >= 15 is 0 Å². The molecular formula is C19H16F2N6O2. The van der Waals surface area contributed by atoms with Crippen LogP contribution in [0, 0.1) is 11.6 Å². The summed E-state index contributed by atoms with van der Waals surface area (Å²) in [5.41, 5.74) is 0.447. The number of hydrogen-bond acceptors (Lipinski definition) is 6. The molecule has 0 spiro atoms. The molecular weight excluding hydrogens is 382 g/mol. The van der Waals surface area contributed by atoms with Crippen LogP contribution in [0.2, 0.25) is 0 Å². The fourth-order valence-corrected chi connectivity index (χ4v) is 3.63. The molecule has 10 heteroatoms. The maximum atomic E-state index is 15.0. The van der Waals surface area contributed by atoms with Crippen LogP contribution in [-0.4, -0.2) is 44.2 Å². The summed E-state index contributed by atoms with van der Waals surface area (Å²) in [6, 6.07) is 2.76. The van der Waals surface area contributed by atoms with Crippen LogP contribution in [0.1, 0.15) is 13.3 Å². The van der Waals surface area contributed by atoms with E-state index in [4.69, 9.17) is 4.74 Å². The molecule has 5 rings (SSSR count). The number of pyridine rings is 3. The van der Waals surface area contributed by atoms with Crippen molar-refractivity contribution in [2.75, 3.05) is 18.5 Å². The van der Waals surface area contributed by atoms with Crippen LogP contribution in [-0.2, 0) is 0 Å². The zero-order valence-corrected chi connectivity index (χ0v) is 15.6. The number of fused-ring (bicyclic) bond motifs is 2. The molecule has 0 fully saturated rings. The van der Waals surface area contributed by atoms with Crippen LogP contribution < -0.4 is 15.3 Å². The molecule has 0 saturated heterocycles. The van der Waals surface area contributed by atoms with Crippen molar-refractivity contribution in [3.63, 3.8) is 0 Å². The van der Waals surface area contributed by atoms with Crippen LogP contribution in [0.4, 0.5) is 14.5 Å². The van der Waals surface area contributed by atoms with E-state index in [2.05, 4.69) is 19.9 Å². The number of H-pyrrole nitrogens is 1. The highest BCUT2D eigenvalue weighted by molar-refractivity contribution is 5.89. The van der Waals surface area contributed by atoms with Gasteiger partial charge in [0.2, 0.25) is 0 Å². The Morgan fingerprint density at radius 1 is 1.28 bits per heavy atom. The smallest absolute Gasteiger partial charge is 0.333 e. The van der Waals surface area contributed by atoms with Gasteiger partial charge in [-0.1, -0.05) is 0 Å². The van der Waals surface area contributed by atoms with Gasteiger partial charge >= 0.3 is 5.69 Å². The Morgan fingerprint density at radius 2 is 2.10 bits per heavy atom. The molecule has 4 aromatic rings. The average molecular weight is 398 g/mol. The third-order valence-corrected chi connectivity index (χ3v) is 5.04. The third-order valence-electron chi connectivity index (χ3n) is 5.04. The van der Waals surface area contributed by atoms with Gasteiger partial charge in [0.15, 0.2) is 23.1 Å². The molecule has 5 heterocycles. The van der Waals surface area contributed by atoms with Crippen molar-refractivity contribution in [2.45, 2.75) is 19.4 Å². The molecule has 2 bridgehead atoms. The number of aromatic amines is 1. The predicted molar refractivity (Wildman–Crippen MR) is 103 cm³/mol. The largest absolute Gasteiger partial charge is 0.488 e. The summed E-state index contributed by atoms with van der Waals surface area (Å²) in [5.74, 6) is -1.25. The van der Waals surface area contributed by atoms with Crippen LogP contribution in [0.3, 0.4) is 0 Å². The molecule has 0 aromatic carbocycles.